The summed E-state index contributed by atoms with van der Waals surface area (Å²) in [6.45, 7) is 0. The van der Waals surface area contributed by atoms with Gasteiger partial charge in [-0.3, -0.25) is 19.8 Å². The molecule has 9 heteroatoms. The summed E-state index contributed by atoms with van der Waals surface area (Å²) in [7, 11) is 1.32. The van der Waals surface area contributed by atoms with Gasteiger partial charge < -0.3 is 9.84 Å². The Labute approximate surface area is 183 Å². The third kappa shape index (κ3) is 4.27. The van der Waals surface area contributed by atoms with Crippen molar-refractivity contribution in [2.75, 3.05) is 7.11 Å². The number of aliphatic imine (C=N–C) groups is 1. The second kappa shape index (κ2) is 8.81. The quantitative estimate of drug-likeness (QED) is 0.405. The van der Waals surface area contributed by atoms with Crippen molar-refractivity contribution >= 4 is 40.3 Å². The highest BCUT2D eigenvalue weighted by molar-refractivity contribution is 8.18. The van der Waals surface area contributed by atoms with Crippen LogP contribution in [-0.4, -0.2) is 39.2 Å². The Morgan fingerprint density at radius 3 is 2.61 bits per heavy atom. The van der Waals surface area contributed by atoms with Crippen molar-refractivity contribution in [2.45, 2.75) is 31.7 Å². The van der Waals surface area contributed by atoms with Crippen LogP contribution in [0.15, 0.2) is 52.4 Å². The maximum absolute atomic E-state index is 13.3. The molecular weight excluding hydrogens is 418 g/mol. The first-order valence-electron chi connectivity index (χ1n) is 9.90. The molecule has 0 aromatic heterocycles. The average molecular weight is 439 g/mol. The van der Waals surface area contributed by atoms with E-state index in [4.69, 9.17) is 9.73 Å². The van der Waals surface area contributed by atoms with Crippen molar-refractivity contribution in [1.82, 2.24) is 4.90 Å². The average Bonchev–Trinajstić information content (AvgIpc) is 3.38. The molecule has 1 saturated carbocycles. The molecule has 2 aliphatic rings. The molecule has 2 fully saturated rings. The summed E-state index contributed by atoms with van der Waals surface area (Å²) in [6.07, 6.45) is 5.56. The fourth-order valence-corrected chi connectivity index (χ4v) is 4.86. The van der Waals surface area contributed by atoms with Gasteiger partial charge in [0.15, 0.2) is 10.9 Å². The number of para-hydroxylation sites is 1. The van der Waals surface area contributed by atoms with Gasteiger partial charge >= 0.3 is 5.69 Å². The van der Waals surface area contributed by atoms with Crippen molar-refractivity contribution < 1.29 is 19.6 Å². The van der Waals surface area contributed by atoms with Crippen LogP contribution in [0.4, 0.5) is 11.4 Å². The molecule has 0 bridgehead atoms. The number of carbonyl (C=O) groups excluding carboxylic acids is 1. The first-order valence-corrected chi connectivity index (χ1v) is 10.7. The maximum atomic E-state index is 13.3. The van der Waals surface area contributed by atoms with Gasteiger partial charge in [0.1, 0.15) is 0 Å². The zero-order valence-electron chi connectivity index (χ0n) is 16.9. The number of phenols is 1. The smallest absolute Gasteiger partial charge is 0.315 e. The highest BCUT2D eigenvalue weighted by atomic mass is 32.2. The third-order valence-corrected chi connectivity index (χ3v) is 6.28. The molecule has 4 rings (SSSR count). The molecule has 31 heavy (non-hydrogen) atoms. The molecule has 8 nitrogen and oxygen atoms in total. The Hall–Kier alpha value is -3.33. The fourth-order valence-electron chi connectivity index (χ4n) is 3.81. The van der Waals surface area contributed by atoms with E-state index >= 15 is 0 Å². The maximum Gasteiger partial charge on any atom is 0.315 e. The number of rotatable bonds is 5. The number of carbonyl (C=O) groups is 1. The monoisotopic (exact) mass is 439 g/mol. The zero-order valence-corrected chi connectivity index (χ0v) is 17.7. The summed E-state index contributed by atoms with van der Waals surface area (Å²) in [4.78, 5) is 30.8. The van der Waals surface area contributed by atoms with E-state index < -0.39 is 16.4 Å². The van der Waals surface area contributed by atoms with Crippen molar-refractivity contribution in [2.24, 2.45) is 4.99 Å². The Balaban J connectivity index is 1.74. The number of thioether (sulfide) groups is 1. The van der Waals surface area contributed by atoms with Crippen LogP contribution in [0.25, 0.3) is 6.08 Å². The second-order valence-corrected chi connectivity index (χ2v) is 8.31. The van der Waals surface area contributed by atoms with E-state index in [2.05, 4.69) is 0 Å². The third-order valence-electron chi connectivity index (χ3n) is 5.30. The lowest BCUT2D eigenvalue weighted by atomic mass is 10.1. The predicted molar refractivity (Wildman–Crippen MR) is 120 cm³/mol. The number of nitrogens with zero attached hydrogens (tertiary/aromatic N) is 3. The van der Waals surface area contributed by atoms with Crippen LogP contribution in [-0.2, 0) is 4.79 Å². The number of ether oxygens (including phenoxy) is 1. The van der Waals surface area contributed by atoms with E-state index in [9.17, 15) is 20.0 Å². The van der Waals surface area contributed by atoms with Gasteiger partial charge in [0, 0.05) is 12.1 Å². The highest BCUT2D eigenvalue weighted by Crippen LogP contribution is 2.41. The van der Waals surface area contributed by atoms with Crippen LogP contribution in [0, 0.1) is 10.1 Å². The molecule has 0 radical (unpaired) electrons. The first kappa shape index (κ1) is 20.9. The van der Waals surface area contributed by atoms with Crippen molar-refractivity contribution in [1.29, 1.82) is 0 Å². The van der Waals surface area contributed by atoms with Crippen molar-refractivity contribution in [3.8, 4) is 11.5 Å². The van der Waals surface area contributed by atoms with E-state index in [0.717, 1.165) is 31.4 Å². The van der Waals surface area contributed by atoms with Gasteiger partial charge in [-0.1, -0.05) is 31.0 Å². The summed E-state index contributed by atoms with van der Waals surface area (Å²) in [6, 6.07) is 12.2. The normalized spacial score (nSPS) is 19.5. The molecule has 0 spiro atoms. The molecule has 2 aromatic carbocycles. The number of nitro groups is 1. The first-order chi connectivity index (χ1) is 15.0. The predicted octanol–water partition coefficient (Wildman–Crippen LogP) is 4.86. The molecule has 1 N–H and O–H groups in total. The molecule has 0 atom stereocenters. The number of phenolic OH excluding ortho intramolecular Hbond substituents is 1. The van der Waals surface area contributed by atoms with Gasteiger partial charge in [-0.15, -0.1) is 0 Å². The number of amidine groups is 1. The van der Waals surface area contributed by atoms with E-state index in [1.165, 1.54) is 31.0 Å². The van der Waals surface area contributed by atoms with Crippen LogP contribution in [0.2, 0.25) is 0 Å². The molecule has 1 aliphatic carbocycles. The lowest BCUT2D eigenvalue weighted by Gasteiger charge is -2.22. The van der Waals surface area contributed by atoms with Gasteiger partial charge in [-0.2, -0.15) is 0 Å². The molecule has 0 unspecified atom stereocenters. The summed E-state index contributed by atoms with van der Waals surface area (Å²) in [5, 5.41) is 21.9. The molecule has 1 heterocycles. The van der Waals surface area contributed by atoms with Gasteiger partial charge in [-0.25, -0.2) is 4.99 Å². The lowest BCUT2D eigenvalue weighted by molar-refractivity contribution is -0.386. The van der Waals surface area contributed by atoms with Crippen LogP contribution in [0.3, 0.4) is 0 Å². The largest absolute Gasteiger partial charge is 0.500 e. The minimum absolute atomic E-state index is 0.0256. The fraction of sp³-hybridized carbons (Fsp3) is 0.273. The topological polar surface area (TPSA) is 105 Å². The molecule has 160 valence electrons. The highest BCUT2D eigenvalue weighted by Gasteiger charge is 2.39. The van der Waals surface area contributed by atoms with Crippen LogP contribution >= 0.6 is 11.8 Å². The van der Waals surface area contributed by atoms with Crippen molar-refractivity contribution in [3.05, 3.63) is 63.0 Å². The number of hydrogen-bond donors (Lipinski definition) is 1. The number of amides is 1. The number of nitro benzene ring substituents is 1. The zero-order chi connectivity index (χ0) is 22.0. The second-order valence-electron chi connectivity index (χ2n) is 7.30. The van der Waals surface area contributed by atoms with Crippen LogP contribution < -0.4 is 4.74 Å². The molecule has 2 aromatic rings. The molecular formula is C22H21N3O5S. The Morgan fingerprint density at radius 2 is 1.97 bits per heavy atom. The SMILES string of the molecule is COc1cc(C=C2SC(=Nc3ccccc3)N(C3CCCC3)C2=O)cc([N+](=O)[O-])c1O. The minimum atomic E-state index is -0.684. The van der Waals surface area contributed by atoms with E-state index in [0.29, 0.717) is 15.6 Å². The summed E-state index contributed by atoms with van der Waals surface area (Å²) in [5.74, 6) is -0.734. The van der Waals surface area contributed by atoms with Gasteiger partial charge in [0.25, 0.3) is 5.91 Å². The van der Waals surface area contributed by atoms with Gasteiger partial charge in [-0.05, 0) is 54.4 Å². The molecule has 1 saturated heterocycles. The summed E-state index contributed by atoms with van der Waals surface area (Å²) < 4.78 is 5.06. The van der Waals surface area contributed by atoms with Gasteiger partial charge in [0.2, 0.25) is 5.75 Å². The Bertz CT molecular complexity index is 1080. The Kier molecular flexibility index (Phi) is 5.94. The van der Waals surface area contributed by atoms with E-state index in [1.54, 1.807) is 11.0 Å². The minimum Gasteiger partial charge on any atom is -0.500 e. The molecule has 1 aliphatic heterocycles. The summed E-state index contributed by atoms with van der Waals surface area (Å²) in [5.41, 5.74) is 0.668. The van der Waals surface area contributed by atoms with Crippen LogP contribution in [0.1, 0.15) is 31.2 Å². The van der Waals surface area contributed by atoms with Crippen molar-refractivity contribution in [3.63, 3.8) is 0 Å². The van der Waals surface area contributed by atoms with E-state index in [-0.39, 0.29) is 17.7 Å². The molecule has 1 amide bonds. The lowest BCUT2D eigenvalue weighted by Crippen LogP contribution is -2.37. The standard InChI is InChI=1S/C22H21N3O5S/c1-30-18-12-14(11-17(20(18)26)25(28)29)13-19-21(27)24(16-9-5-6-10-16)22(31-19)23-15-7-3-2-4-8-15/h2-4,7-8,11-13,16,26H,5-6,9-10H2,1H3. The summed E-state index contributed by atoms with van der Waals surface area (Å²) >= 11 is 1.25. The number of aromatic hydroxyl groups is 1. The van der Waals surface area contributed by atoms with E-state index in [1.807, 2.05) is 30.3 Å². The van der Waals surface area contributed by atoms with Crippen LogP contribution in [0.5, 0.6) is 11.5 Å². The number of methoxy groups -OCH3 is 1. The number of hydrogen-bond acceptors (Lipinski definition) is 7. The Morgan fingerprint density at radius 1 is 1.26 bits per heavy atom. The van der Waals surface area contributed by atoms with Gasteiger partial charge in [0.05, 0.1) is 22.6 Å². The number of benzene rings is 2.